The molecular formula is C27H28ClN7O3. The topological polar surface area (TPSA) is 128 Å². The van der Waals surface area contributed by atoms with Crippen molar-refractivity contribution < 1.29 is 14.3 Å². The molecule has 0 radical (unpaired) electrons. The minimum absolute atomic E-state index is 0.0485. The summed E-state index contributed by atoms with van der Waals surface area (Å²) in [6.45, 7) is 0.429. The third-order valence-electron chi connectivity index (χ3n) is 6.46. The van der Waals surface area contributed by atoms with Crippen molar-refractivity contribution in [2.75, 3.05) is 7.11 Å². The van der Waals surface area contributed by atoms with Crippen molar-refractivity contribution in [2.24, 2.45) is 10.7 Å². The van der Waals surface area contributed by atoms with Gasteiger partial charge in [0.15, 0.2) is 0 Å². The molecule has 0 spiro atoms. The van der Waals surface area contributed by atoms with Gasteiger partial charge in [0.05, 0.1) is 55.4 Å². The Hall–Kier alpha value is -4.18. The highest BCUT2D eigenvalue weighted by Gasteiger charge is 2.23. The fourth-order valence-corrected chi connectivity index (χ4v) is 4.36. The van der Waals surface area contributed by atoms with Gasteiger partial charge in [-0.1, -0.05) is 17.7 Å². The van der Waals surface area contributed by atoms with Crippen molar-refractivity contribution in [1.82, 2.24) is 24.1 Å². The Kier molecular flexibility index (Phi) is 7.41. The van der Waals surface area contributed by atoms with E-state index in [-0.39, 0.29) is 37.2 Å². The van der Waals surface area contributed by atoms with Crippen LogP contribution in [0.5, 0.6) is 0 Å². The zero-order valence-corrected chi connectivity index (χ0v) is 21.7. The summed E-state index contributed by atoms with van der Waals surface area (Å²) in [5.41, 5.74) is 11.0. The van der Waals surface area contributed by atoms with Gasteiger partial charge in [0.1, 0.15) is 5.65 Å². The fraction of sp³-hybridized carbons (Fsp3) is 0.296. The van der Waals surface area contributed by atoms with Crippen LogP contribution in [0, 0.1) is 0 Å². The second kappa shape index (κ2) is 11.1. The number of hydrogen-bond donors (Lipinski definition) is 2. The number of ether oxygens (including phenoxy) is 1. The van der Waals surface area contributed by atoms with Crippen molar-refractivity contribution in [3.8, 4) is 0 Å². The Labute approximate surface area is 224 Å². The van der Waals surface area contributed by atoms with Crippen molar-refractivity contribution in [1.29, 1.82) is 0 Å². The minimum Gasteiger partial charge on any atom is -0.469 e. The van der Waals surface area contributed by atoms with Crippen LogP contribution in [0.25, 0.3) is 11.2 Å². The molecule has 3 N–H and O–H groups in total. The van der Waals surface area contributed by atoms with E-state index in [2.05, 4.69) is 32.5 Å². The summed E-state index contributed by atoms with van der Waals surface area (Å²) in [6, 6.07) is 7.67. The molecule has 0 saturated heterocycles. The first kappa shape index (κ1) is 25.5. The number of pyridine rings is 2. The van der Waals surface area contributed by atoms with Gasteiger partial charge in [0.2, 0.25) is 0 Å². The molecule has 1 aliphatic rings. The molecule has 0 bridgehead atoms. The van der Waals surface area contributed by atoms with Gasteiger partial charge in [-0.15, -0.1) is 0 Å². The number of hydrogen-bond acceptors (Lipinski definition) is 7. The van der Waals surface area contributed by atoms with Crippen LogP contribution in [0.4, 0.5) is 0 Å². The lowest BCUT2D eigenvalue weighted by Crippen LogP contribution is -2.28. The van der Waals surface area contributed by atoms with E-state index in [1.165, 1.54) is 31.7 Å². The highest BCUT2D eigenvalue weighted by Crippen LogP contribution is 2.39. The molecule has 4 aromatic rings. The van der Waals surface area contributed by atoms with Crippen molar-refractivity contribution in [2.45, 2.75) is 44.7 Å². The predicted molar refractivity (Wildman–Crippen MR) is 144 cm³/mol. The average molecular weight is 534 g/mol. The van der Waals surface area contributed by atoms with Gasteiger partial charge < -0.3 is 24.6 Å². The summed E-state index contributed by atoms with van der Waals surface area (Å²) in [6.07, 6.45) is 11.6. The molecule has 11 heteroatoms. The van der Waals surface area contributed by atoms with Gasteiger partial charge in [-0.05, 0) is 48.9 Å². The van der Waals surface area contributed by atoms with Crippen molar-refractivity contribution in [3.63, 3.8) is 0 Å². The first-order chi connectivity index (χ1) is 18.4. The molecule has 1 fully saturated rings. The van der Waals surface area contributed by atoms with Crippen LogP contribution in [-0.4, -0.2) is 44.0 Å². The van der Waals surface area contributed by atoms with E-state index in [4.69, 9.17) is 22.1 Å². The predicted octanol–water partition coefficient (Wildman–Crippen LogP) is 3.57. The Morgan fingerprint density at radius 3 is 2.87 bits per heavy atom. The number of halogens is 1. The number of aromatic nitrogens is 4. The number of rotatable bonds is 10. The van der Waals surface area contributed by atoms with Gasteiger partial charge in [0, 0.05) is 35.5 Å². The molecule has 0 aromatic carbocycles. The zero-order chi connectivity index (χ0) is 26.6. The van der Waals surface area contributed by atoms with Gasteiger partial charge in [-0.2, -0.15) is 0 Å². The van der Waals surface area contributed by atoms with Crippen LogP contribution in [0.15, 0.2) is 65.4 Å². The highest BCUT2D eigenvalue weighted by atomic mass is 35.5. The Morgan fingerprint density at radius 1 is 1.24 bits per heavy atom. The molecule has 1 aliphatic carbocycles. The third kappa shape index (κ3) is 5.86. The van der Waals surface area contributed by atoms with Crippen LogP contribution in [0.3, 0.4) is 0 Å². The smallest absolute Gasteiger partial charge is 0.305 e. The molecule has 0 aliphatic heterocycles. The molecule has 0 unspecified atom stereocenters. The second-order valence-electron chi connectivity index (χ2n) is 9.23. The largest absolute Gasteiger partial charge is 0.469 e. The molecular weight excluding hydrogens is 506 g/mol. The van der Waals surface area contributed by atoms with Gasteiger partial charge >= 0.3 is 5.97 Å². The summed E-state index contributed by atoms with van der Waals surface area (Å²) in [7, 11) is 1.31. The van der Waals surface area contributed by atoms with Gasteiger partial charge in [-0.25, -0.2) is 9.97 Å². The lowest BCUT2D eigenvalue weighted by atomic mass is 10.1. The standard InChI is InChI=1S/C27H28ClN7O3/c1-38-26(36)7-5-22(29)21(27(37)31-13-23-24-10-19(28)8-9-34(24)16-32-23)12-30-11-20-15-35-14-18(17-2-3-17)4-6-25(35)33-20/h4,6,8-10,12,14-17H,2-3,5,7,11,13,29H2,1H3,(H,31,37). The molecule has 4 aromatic heterocycles. The normalized spacial score (nSPS) is 14.3. The summed E-state index contributed by atoms with van der Waals surface area (Å²) in [4.78, 5) is 38.2. The van der Waals surface area contributed by atoms with Crippen LogP contribution in [0.2, 0.25) is 5.02 Å². The summed E-state index contributed by atoms with van der Waals surface area (Å²) in [5, 5.41) is 3.42. The SMILES string of the molecule is COC(=O)CCC(N)=C(C=NCc1cn2cc(C3CC3)ccc2n1)C(=O)NCc1ncn2ccc(Cl)cc12. The van der Waals surface area contributed by atoms with Gasteiger partial charge in [0.25, 0.3) is 5.91 Å². The maximum atomic E-state index is 13.2. The zero-order valence-electron chi connectivity index (χ0n) is 20.9. The highest BCUT2D eigenvalue weighted by molar-refractivity contribution is 6.30. The van der Waals surface area contributed by atoms with Crippen LogP contribution < -0.4 is 11.1 Å². The number of carbonyl (C=O) groups excluding carboxylic acids is 2. The maximum Gasteiger partial charge on any atom is 0.305 e. The lowest BCUT2D eigenvalue weighted by Gasteiger charge is -2.09. The van der Waals surface area contributed by atoms with Gasteiger partial charge in [-0.3, -0.25) is 14.6 Å². The number of carbonyl (C=O) groups is 2. The van der Waals surface area contributed by atoms with Crippen molar-refractivity contribution in [3.05, 3.63) is 82.4 Å². The van der Waals surface area contributed by atoms with E-state index in [1.54, 1.807) is 24.7 Å². The number of esters is 1. The van der Waals surface area contributed by atoms with E-state index in [1.807, 2.05) is 21.1 Å². The van der Waals surface area contributed by atoms with E-state index < -0.39 is 11.9 Å². The number of allylic oxidation sites excluding steroid dienone is 1. The minimum atomic E-state index is -0.427. The lowest BCUT2D eigenvalue weighted by molar-refractivity contribution is -0.140. The molecule has 196 valence electrons. The van der Waals surface area contributed by atoms with E-state index >= 15 is 0 Å². The van der Waals surface area contributed by atoms with Crippen molar-refractivity contribution >= 4 is 40.9 Å². The van der Waals surface area contributed by atoms with Crippen LogP contribution in [-0.2, 0) is 27.4 Å². The van der Waals surface area contributed by atoms with E-state index in [0.717, 1.165) is 16.9 Å². The summed E-state index contributed by atoms with van der Waals surface area (Å²) in [5.74, 6) is -0.191. The summed E-state index contributed by atoms with van der Waals surface area (Å²) < 4.78 is 8.53. The average Bonchev–Trinajstić information content (AvgIpc) is 3.57. The molecule has 38 heavy (non-hydrogen) atoms. The maximum absolute atomic E-state index is 13.2. The Bertz CT molecular complexity index is 1570. The van der Waals surface area contributed by atoms with E-state index in [0.29, 0.717) is 16.6 Å². The molecule has 5 rings (SSSR count). The summed E-state index contributed by atoms with van der Waals surface area (Å²) >= 11 is 6.12. The number of amides is 1. The Morgan fingerprint density at radius 2 is 2.08 bits per heavy atom. The number of aliphatic imine (C=N–C) groups is 1. The third-order valence-corrected chi connectivity index (χ3v) is 6.70. The molecule has 1 amide bonds. The van der Waals surface area contributed by atoms with E-state index in [9.17, 15) is 9.59 Å². The van der Waals surface area contributed by atoms with Crippen LogP contribution >= 0.6 is 11.6 Å². The van der Waals surface area contributed by atoms with Crippen LogP contribution in [0.1, 0.15) is 48.6 Å². The monoisotopic (exact) mass is 533 g/mol. The number of fused-ring (bicyclic) bond motifs is 2. The number of nitrogens with two attached hydrogens (primary N) is 1. The molecule has 1 saturated carbocycles. The number of nitrogens with zero attached hydrogens (tertiary/aromatic N) is 5. The number of methoxy groups -OCH3 is 1. The molecule has 0 atom stereocenters. The first-order valence-corrected chi connectivity index (χ1v) is 12.7. The quantitative estimate of drug-likeness (QED) is 0.182. The molecule has 10 nitrogen and oxygen atoms in total. The number of imidazole rings is 2. The first-order valence-electron chi connectivity index (χ1n) is 12.3. The number of nitrogens with one attached hydrogen (secondary N) is 1. The second-order valence-corrected chi connectivity index (χ2v) is 9.67. The molecule has 4 heterocycles. The fourth-order valence-electron chi connectivity index (χ4n) is 4.20. The Balaban J connectivity index is 1.31.